The molecule has 0 N–H and O–H groups in total. The molecule has 1 aromatic rings. The average Bonchev–Trinajstić information content (AvgIpc) is 3.43. The van der Waals surface area contributed by atoms with Gasteiger partial charge in [0, 0.05) is 56.8 Å². The van der Waals surface area contributed by atoms with E-state index in [9.17, 15) is 9.59 Å². The van der Waals surface area contributed by atoms with Crippen molar-refractivity contribution in [3.05, 3.63) is 29.8 Å². The number of nitrogens with zero attached hydrogens (tertiary/aromatic N) is 4. The van der Waals surface area contributed by atoms with Crippen LogP contribution >= 0.6 is 0 Å². The minimum absolute atomic E-state index is 0.0516. The highest BCUT2D eigenvalue weighted by atomic mass is 16.2. The Bertz CT molecular complexity index is 760. The van der Waals surface area contributed by atoms with Crippen LogP contribution in [-0.4, -0.2) is 60.0 Å². The van der Waals surface area contributed by atoms with E-state index in [1.807, 2.05) is 46.0 Å². The van der Waals surface area contributed by atoms with Crippen molar-refractivity contribution in [3.8, 4) is 0 Å². The first-order valence-corrected chi connectivity index (χ1v) is 11.1. The predicted molar refractivity (Wildman–Crippen MR) is 115 cm³/mol. The Kier molecular flexibility index (Phi) is 6.16. The van der Waals surface area contributed by atoms with E-state index >= 15 is 0 Å². The third kappa shape index (κ3) is 4.80. The number of hydrazone groups is 1. The van der Waals surface area contributed by atoms with Gasteiger partial charge in [-0.15, -0.1) is 0 Å². The second-order valence-electron chi connectivity index (χ2n) is 8.62. The summed E-state index contributed by atoms with van der Waals surface area (Å²) in [6.07, 6.45) is 7.92. The number of carbonyl (C=O) groups excluding carboxylic acids is 2. The molecule has 29 heavy (non-hydrogen) atoms. The number of carbonyl (C=O) groups is 2. The van der Waals surface area contributed by atoms with Crippen LogP contribution in [0.5, 0.6) is 0 Å². The van der Waals surface area contributed by atoms with Gasteiger partial charge in [-0.05, 0) is 43.5 Å². The van der Waals surface area contributed by atoms with Crippen molar-refractivity contribution in [2.24, 2.45) is 11.0 Å². The Balaban J connectivity index is 1.25. The highest BCUT2D eigenvalue weighted by molar-refractivity contribution is 5.95. The normalized spacial score (nSPS) is 20.3. The summed E-state index contributed by atoms with van der Waals surface area (Å²) in [5, 5.41) is 6.49. The van der Waals surface area contributed by atoms with Gasteiger partial charge < -0.3 is 9.80 Å². The third-order valence-corrected chi connectivity index (χ3v) is 6.55. The molecule has 156 valence electrons. The molecule has 1 saturated heterocycles. The molecule has 4 rings (SSSR count). The van der Waals surface area contributed by atoms with E-state index < -0.39 is 0 Å². The van der Waals surface area contributed by atoms with Gasteiger partial charge in [-0.3, -0.25) is 14.6 Å². The molecule has 6 nitrogen and oxygen atoms in total. The minimum Gasteiger partial charge on any atom is -0.339 e. The van der Waals surface area contributed by atoms with E-state index in [1.165, 1.54) is 25.7 Å². The van der Waals surface area contributed by atoms with E-state index in [-0.39, 0.29) is 11.8 Å². The second-order valence-corrected chi connectivity index (χ2v) is 8.62. The summed E-state index contributed by atoms with van der Waals surface area (Å²) in [5.41, 5.74) is 2.87. The zero-order valence-electron chi connectivity index (χ0n) is 17.5. The number of amides is 2. The van der Waals surface area contributed by atoms with Gasteiger partial charge in [0.1, 0.15) is 0 Å². The van der Waals surface area contributed by atoms with Gasteiger partial charge >= 0.3 is 0 Å². The van der Waals surface area contributed by atoms with E-state index in [1.54, 1.807) is 0 Å². The van der Waals surface area contributed by atoms with Crippen LogP contribution in [-0.2, 0) is 4.79 Å². The third-order valence-electron chi connectivity index (χ3n) is 6.55. The van der Waals surface area contributed by atoms with Crippen molar-refractivity contribution < 1.29 is 9.59 Å². The molecular formula is C23H32N4O2. The monoisotopic (exact) mass is 396 g/mol. The van der Waals surface area contributed by atoms with Crippen molar-refractivity contribution in [2.45, 2.75) is 51.9 Å². The van der Waals surface area contributed by atoms with E-state index in [4.69, 9.17) is 0 Å². The predicted octanol–water partition coefficient (Wildman–Crippen LogP) is 3.53. The van der Waals surface area contributed by atoms with Crippen LogP contribution in [0.3, 0.4) is 0 Å². The van der Waals surface area contributed by atoms with Crippen LogP contribution in [0.25, 0.3) is 0 Å². The van der Waals surface area contributed by atoms with E-state index in [2.05, 4.69) is 5.10 Å². The lowest BCUT2D eigenvalue weighted by Gasteiger charge is -2.35. The molecule has 0 bridgehead atoms. The van der Waals surface area contributed by atoms with Crippen molar-refractivity contribution in [1.82, 2.24) is 9.80 Å². The summed E-state index contributed by atoms with van der Waals surface area (Å²) in [5.74, 6) is 1.06. The number of anilines is 1. The Morgan fingerprint density at radius 2 is 1.62 bits per heavy atom. The molecule has 1 saturated carbocycles. The molecule has 2 fully saturated rings. The Morgan fingerprint density at radius 3 is 2.24 bits per heavy atom. The molecule has 1 aliphatic carbocycles. The molecule has 2 aliphatic heterocycles. The fraction of sp³-hybridized carbons (Fsp3) is 0.609. The molecule has 3 aliphatic rings. The van der Waals surface area contributed by atoms with Crippen molar-refractivity contribution in [2.75, 3.05) is 37.7 Å². The number of hydrogen-bond donors (Lipinski definition) is 0. The molecular weight excluding hydrogens is 364 g/mol. The maximum absolute atomic E-state index is 12.8. The molecule has 6 heteroatoms. The lowest BCUT2D eigenvalue weighted by Crippen LogP contribution is -2.50. The Labute approximate surface area is 173 Å². The van der Waals surface area contributed by atoms with Crippen LogP contribution in [0.1, 0.15) is 62.2 Å². The Hall–Kier alpha value is -2.37. The number of benzene rings is 1. The topological polar surface area (TPSA) is 56.2 Å². The van der Waals surface area contributed by atoms with Crippen molar-refractivity contribution >= 4 is 23.2 Å². The zero-order chi connectivity index (χ0) is 20.2. The molecule has 0 radical (unpaired) electrons. The van der Waals surface area contributed by atoms with E-state index in [0.717, 1.165) is 36.7 Å². The number of piperazine rings is 1. The summed E-state index contributed by atoms with van der Waals surface area (Å²) >= 11 is 0. The zero-order valence-corrected chi connectivity index (χ0v) is 17.5. The quantitative estimate of drug-likeness (QED) is 0.765. The van der Waals surface area contributed by atoms with Gasteiger partial charge in [-0.1, -0.05) is 25.7 Å². The smallest absolute Gasteiger partial charge is 0.253 e. The van der Waals surface area contributed by atoms with Crippen LogP contribution in [0.4, 0.5) is 5.69 Å². The van der Waals surface area contributed by atoms with Gasteiger partial charge in [0.2, 0.25) is 5.91 Å². The van der Waals surface area contributed by atoms with Crippen LogP contribution in [0, 0.1) is 5.92 Å². The van der Waals surface area contributed by atoms with Crippen LogP contribution in [0.2, 0.25) is 0 Å². The molecule has 2 amide bonds. The summed E-state index contributed by atoms with van der Waals surface area (Å²) in [6.45, 7) is 5.47. The highest BCUT2D eigenvalue weighted by Crippen LogP contribution is 2.28. The van der Waals surface area contributed by atoms with Gasteiger partial charge in [0.05, 0.1) is 5.69 Å². The second kappa shape index (κ2) is 8.97. The lowest BCUT2D eigenvalue weighted by atomic mass is 10.0. The molecule has 0 atom stereocenters. The average molecular weight is 397 g/mol. The summed E-state index contributed by atoms with van der Waals surface area (Å²) in [4.78, 5) is 29.1. The summed E-state index contributed by atoms with van der Waals surface area (Å²) < 4.78 is 0. The standard InChI is InChI=1S/C23H32N4O2/c1-18-12-13-27(24-18)21-9-7-20(8-10-21)23(29)26-16-14-25(15-17-26)22(28)11-6-19-4-2-3-5-19/h7-10,19H,2-6,11-17H2,1H3. The SMILES string of the molecule is CC1=NN(c2ccc(C(=O)N3CCN(C(=O)CCC4CCCC4)CC3)cc2)CC1. The first-order valence-electron chi connectivity index (χ1n) is 11.1. The van der Waals surface area contributed by atoms with Gasteiger partial charge in [-0.25, -0.2) is 0 Å². The lowest BCUT2D eigenvalue weighted by molar-refractivity contribution is -0.133. The molecule has 0 aromatic heterocycles. The minimum atomic E-state index is 0.0516. The first-order chi connectivity index (χ1) is 14.1. The molecule has 2 heterocycles. The number of hydrogen-bond acceptors (Lipinski definition) is 4. The van der Waals surface area contributed by atoms with Gasteiger partial charge in [-0.2, -0.15) is 5.10 Å². The van der Waals surface area contributed by atoms with E-state index in [0.29, 0.717) is 38.2 Å². The van der Waals surface area contributed by atoms with Crippen LogP contribution < -0.4 is 5.01 Å². The highest BCUT2D eigenvalue weighted by Gasteiger charge is 2.26. The maximum Gasteiger partial charge on any atom is 0.253 e. The van der Waals surface area contributed by atoms with Crippen molar-refractivity contribution in [1.29, 1.82) is 0 Å². The van der Waals surface area contributed by atoms with Crippen molar-refractivity contribution in [3.63, 3.8) is 0 Å². The maximum atomic E-state index is 12.8. The van der Waals surface area contributed by atoms with Gasteiger partial charge in [0.15, 0.2) is 0 Å². The largest absolute Gasteiger partial charge is 0.339 e. The molecule has 0 unspecified atom stereocenters. The fourth-order valence-corrected chi connectivity index (χ4v) is 4.66. The molecule has 0 spiro atoms. The Morgan fingerprint density at radius 1 is 0.966 bits per heavy atom. The van der Waals surface area contributed by atoms with Crippen LogP contribution in [0.15, 0.2) is 29.4 Å². The summed E-state index contributed by atoms with van der Waals surface area (Å²) in [7, 11) is 0. The summed E-state index contributed by atoms with van der Waals surface area (Å²) in [6, 6.07) is 7.72. The van der Waals surface area contributed by atoms with Gasteiger partial charge in [0.25, 0.3) is 5.91 Å². The number of rotatable bonds is 5. The first kappa shape index (κ1) is 19.9. The fourth-order valence-electron chi connectivity index (χ4n) is 4.66. The molecule has 1 aromatic carbocycles.